The SMILES string of the molecule is CCc1ccccc1NC(=O)CN(C(C)=O)c1cc(C)ccc1C. The lowest BCUT2D eigenvalue weighted by atomic mass is 10.1. The van der Waals surface area contributed by atoms with Crippen molar-refractivity contribution in [3.63, 3.8) is 0 Å². The average Bonchev–Trinajstić information content (AvgIpc) is 2.55. The Morgan fingerprint density at radius 2 is 1.79 bits per heavy atom. The Morgan fingerprint density at radius 3 is 2.46 bits per heavy atom. The number of rotatable bonds is 5. The molecule has 4 heteroatoms. The smallest absolute Gasteiger partial charge is 0.244 e. The Morgan fingerprint density at radius 1 is 1.08 bits per heavy atom. The normalized spacial score (nSPS) is 10.3. The van der Waals surface area contributed by atoms with Crippen molar-refractivity contribution in [1.82, 2.24) is 0 Å². The highest BCUT2D eigenvalue weighted by atomic mass is 16.2. The van der Waals surface area contributed by atoms with Crippen LogP contribution in [0, 0.1) is 13.8 Å². The fraction of sp³-hybridized carbons (Fsp3) is 0.300. The number of amides is 2. The van der Waals surface area contributed by atoms with Crippen LogP contribution in [0.3, 0.4) is 0 Å². The molecule has 2 aromatic rings. The van der Waals surface area contributed by atoms with E-state index in [1.165, 1.54) is 11.8 Å². The number of benzene rings is 2. The summed E-state index contributed by atoms with van der Waals surface area (Å²) in [7, 11) is 0. The van der Waals surface area contributed by atoms with E-state index in [0.717, 1.165) is 34.5 Å². The second kappa shape index (κ2) is 7.77. The summed E-state index contributed by atoms with van der Waals surface area (Å²) in [6, 6.07) is 13.6. The van der Waals surface area contributed by atoms with Gasteiger partial charge in [0.1, 0.15) is 6.54 Å². The fourth-order valence-corrected chi connectivity index (χ4v) is 2.66. The van der Waals surface area contributed by atoms with Crippen molar-refractivity contribution in [3.05, 3.63) is 59.2 Å². The molecular weight excluding hydrogens is 300 g/mol. The van der Waals surface area contributed by atoms with Gasteiger partial charge in [0, 0.05) is 18.3 Å². The molecular formula is C20H24N2O2. The van der Waals surface area contributed by atoms with Gasteiger partial charge in [-0.05, 0) is 49.1 Å². The van der Waals surface area contributed by atoms with Crippen LogP contribution in [0.1, 0.15) is 30.5 Å². The molecule has 4 nitrogen and oxygen atoms in total. The summed E-state index contributed by atoms with van der Waals surface area (Å²) in [5.41, 5.74) is 4.68. The second-order valence-corrected chi connectivity index (χ2v) is 5.95. The number of aryl methyl sites for hydroxylation is 3. The summed E-state index contributed by atoms with van der Waals surface area (Å²) in [5.74, 6) is -0.352. The average molecular weight is 324 g/mol. The van der Waals surface area contributed by atoms with Gasteiger partial charge in [0.25, 0.3) is 0 Å². The Kier molecular flexibility index (Phi) is 5.74. The van der Waals surface area contributed by atoms with Crippen LogP contribution in [0.4, 0.5) is 11.4 Å². The lowest BCUT2D eigenvalue weighted by Gasteiger charge is -2.23. The van der Waals surface area contributed by atoms with Crippen molar-refractivity contribution in [1.29, 1.82) is 0 Å². The number of nitrogens with zero attached hydrogens (tertiary/aromatic N) is 1. The topological polar surface area (TPSA) is 49.4 Å². The van der Waals surface area contributed by atoms with Gasteiger partial charge < -0.3 is 10.2 Å². The zero-order valence-electron chi connectivity index (χ0n) is 14.7. The summed E-state index contributed by atoms with van der Waals surface area (Å²) >= 11 is 0. The molecule has 0 atom stereocenters. The maximum absolute atomic E-state index is 12.5. The first-order valence-corrected chi connectivity index (χ1v) is 8.15. The van der Waals surface area contributed by atoms with Gasteiger partial charge in [-0.3, -0.25) is 9.59 Å². The third kappa shape index (κ3) is 4.22. The quantitative estimate of drug-likeness (QED) is 0.908. The fourth-order valence-electron chi connectivity index (χ4n) is 2.66. The third-order valence-electron chi connectivity index (χ3n) is 4.01. The van der Waals surface area contributed by atoms with Crippen LogP contribution in [-0.2, 0) is 16.0 Å². The number of anilines is 2. The van der Waals surface area contributed by atoms with Crippen molar-refractivity contribution in [3.8, 4) is 0 Å². The van der Waals surface area contributed by atoms with Gasteiger partial charge >= 0.3 is 0 Å². The molecule has 0 fully saturated rings. The Hall–Kier alpha value is -2.62. The summed E-state index contributed by atoms with van der Waals surface area (Å²) < 4.78 is 0. The predicted molar refractivity (Wildman–Crippen MR) is 98.4 cm³/mol. The van der Waals surface area contributed by atoms with Crippen molar-refractivity contribution in [2.75, 3.05) is 16.8 Å². The summed E-state index contributed by atoms with van der Waals surface area (Å²) in [6.45, 7) is 7.43. The maximum atomic E-state index is 12.5. The van der Waals surface area contributed by atoms with Crippen LogP contribution >= 0.6 is 0 Å². The van der Waals surface area contributed by atoms with Crippen molar-refractivity contribution < 1.29 is 9.59 Å². The van der Waals surface area contributed by atoms with Crippen LogP contribution < -0.4 is 10.2 Å². The molecule has 1 N–H and O–H groups in total. The van der Waals surface area contributed by atoms with E-state index in [1.807, 2.05) is 63.2 Å². The van der Waals surface area contributed by atoms with Gasteiger partial charge in [-0.15, -0.1) is 0 Å². The monoisotopic (exact) mass is 324 g/mol. The molecule has 2 rings (SSSR count). The van der Waals surface area contributed by atoms with E-state index in [0.29, 0.717) is 0 Å². The second-order valence-electron chi connectivity index (χ2n) is 5.95. The van der Waals surface area contributed by atoms with Crippen molar-refractivity contribution in [2.24, 2.45) is 0 Å². The lowest BCUT2D eigenvalue weighted by Crippen LogP contribution is -2.37. The first kappa shape index (κ1) is 17.7. The molecule has 0 saturated carbocycles. The van der Waals surface area contributed by atoms with Crippen LogP contribution in [-0.4, -0.2) is 18.4 Å². The summed E-state index contributed by atoms with van der Waals surface area (Å²) in [6.07, 6.45) is 0.837. The molecule has 0 saturated heterocycles. The van der Waals surface area contributed by atoms with E-state index in [9.17, 15) is 9.59 Å². The van der Waals surface area contributed by atoms with E-state index >= 15 is 0 Å². The van der Waals surface area contributed by atoms with E-state index in [-0.39, 0.29) is 18.4 Å². The minimum Gasteiger partial charge on any atom is -0.324 e. The third-order valence-corrected chi connectivity index (χ3v) is 4.01. The lowest BCUT2D eigenvalue weighted by molar-refractivity contribution is -0.120. The molecule has 0 aliphatic carbocycles. The van der Waals surface area contributed by atoms with Gasteiger partial charge in [0.05, 0.1) is 0 Å². The number of hydrogen-bond donors (Lipinski definition) is 1. The molecule has 0 aliphatic heterocycles. The minimum atomic E-state index is -0.202. The molecule has 0 bridgehead atoms. The highest BCUT2D eigenvalue weighted by Crippen LogP contribution is 2.22. The van der Waals surface area contributed by atoms with Crippen molar-refractivity contribution in [2.45, 2.75) is 34.1 Å². The Bertz CT molecular complexity index is 753. The maximum Gasteiger partial charge on any atom is 0.244 e. The molecule has 0 radical (unpaired) electrons. The first-order chi connectivity index (χ1) is 11.4. The molecule has 0 spiro atoms. The van der Waals surface area contributed by atoms with Gasteiger partial charge in [-0.1, -0.05) is 37.3 Å². The highest BCUT2D eigenvalue weighted by Gasteiger charge is 2.18. The van der Waals surface area contributed by atoms with Crippen LogP contribution in [0.25, 0.3) is 0 Å². The minimum absolute atomic E-state index is 0.00231. The molecule has 2 aromatic carbocycles. The number of nitrogens with one attached hydrogen (secondary N) is 1. The molecule has 24 heavy (non-hydrogen) atoms. The largest absolute Gasteiger partial charge is 0.324 e. The summed E-state index contributed by atoms with van der Waals surface area (Å²) in [4.78, 5) is 26.0. The molecule has 0 heterocycles. The van der Waals surface area contributed by atoms with Gasteiger partial charge in [0.2, 0.25) is 11.8 Å². The number of carbonyl (C=O) groups is 2. The van der Waals surface area contributed by atoms with E-state index < -0.39 is 0 Å². The van der Waals surface area contributed by atoms with E-state index in [4.69, 9.17) is 0 Å². The summed E-state index contributed by atoms with van der Waals surface area (Å²) in [5, 5.41) is 2.92. The first-order valence-electron chi connectivity index (χ1n) is 8.15. The Labute approximate surface area is 143 Å². The molecule has 0 aliphatic rings. The number of hydrogen-bond acceptors (Lipinski definition) is 2. The highest BCUT2D eigenvalue weighted by molar-refractivity contribution is 6.02. The van der Waals surface area contributed by atoms with E-state index in [1.54, 1.807) is 0 Å². The number of carbonyl (C=O) groups excluding carboxylic acids is 2. The zero-order chi connectivity index (χ0) is 17.7. The molecule has 2 amide bonds. The van der Waals surface area contributed by atoms with E-state index in [2.05, 4.69) is 5.32 Å². The number of para-hydroxylation sites is 1. The standard InChI is InChI=1S/C20H24N2O2/c1-5-17-8-6-7-9-18(17)21-20(24)13-22(16(4)23)19-12-14(2)10-11-15(19)3/h6-12H,5,13H2,1-4H3,(H,21,24). The Balaban J connectivity index is 2.20. The van der Waals surface area contributed by atoms with Crippen molar-refractivity contribution >= 4 is 23.2 Å². The van der Waals surface area contributed by atoms with Crippen LogP contribution in [0.2, 0.25) is 0 Å². The van der Waals surface area contributed by atoms with Crippen LogP contribution in [0.5, 0.6) is 0 Å². The molecule has 126 valence electrons. The van der Waals surface area contributed by atoms with Gasteiger partial charge in [-0.25, -0.2) is 0 Å². The molecule has 0 aromatic heterocycles. The predicted octanol–water partition coefficient (Wildman–Crippen LogP) is 3.86. The van der Waals surface area contributed by atoms with Crippen LogP contribution in [0.15, 0.2) is 42.5 Å². The molecule has 0 unspecified atom stereocenters. The zero-order valence-corrected chi connectivity index (χ0v) is 14.7. The van der Waals surface area contributed by atoms with Gasteiger partial charge in [-0.2, -0.15) is 0 Å². The van der Waals surface area contributed by atoms with Gasteiger partial charge in [0.15, 0.2) is 0 Å².